The number of aromatic carboxylic acids is 1. The van der Waals surface area contributed by atoms with Gasteiger partial charge in [0.25, 0.3) is 0 Å². The molecule has 0 unspecified atom stereocenters. The third-order valence-electron chi connectivity index (χ3n) is 3.55. The summed E-state index contributed by atoms with van der Waals surface area (Å²) in [6.45, 7) is 10.1. The Morgan fingerprint density at radius 1 is 1.10 bits per heavy atom. The quantitative estimate of drug-likeness (QED) is 0.846. The summed E-state index contributed by atoms with van der Waals surface area (Å²) in [5.74, 6) is -0.860. The fourth-order valence-corrected chi connectivity index (χ4v) is 3.58. The molecule has 4 nitrogen and oxygen atoms in total. The van der Waals surface area contributed by atoms with Crippen LogP contribution in [0.1, 0.15) is 15.9 Å². The van der Waals surface area contributed by atoms with Crippen LogP contribution in [-0.2, 0) is 6.54 Å². The van der Waals surface area contributed by atoms with Crippen LogP contribution < -0.4 is 0 Å². The van der Waals surface area contributed by atoms with Crippen molar-refractivity contribution in [3.8, 4) is 0 Å². The minimum atomic E-state index is -0.860. The minimum absolute atomic E-state index is 0.156. The molecule has 1 aromatic rings. The van der Waals surface area contributed by atoms with Crippen molar-refractivity contribution in [2.45, 2.75) is 6.54 Å². The molecule has 0 spiro atoms. The van der Waals surface area contributed by atoms with E-state index in [9.17, 15) is 4.79 Å². The molecule has 0 aliphatic carbocycles. The van der Waals surface area contributed by atoms with Crippen LogP contribution in [0.2, 0.25) is 0 Å². The zero-order chi connectivity index (χ0) is 14.5. The summed E-state index contributed by atoms with van der Waals surface area (Å²) in [6, 6.07) is 7.23. The monoisotopic (exact) mass is 294 g/mol. The summed E-state index contributed by atoms with van der Waals surface area (Å²) in [6.07, 6.45) is 1.25. The van der Waals surface area contributed by atoms with Gasteiger partial charge in [-0.05, 0) is 31.0 Å². The summed E-state index contributed by atoms with van der Waals surface area (Å²) in [5.41, 5.74) is 1.55. The highest BCUT2D eigenvalue weighted by atomic mass is 31.1. The van der Waals surface area contributed by atoms with E-state index in [2.05, 4.69) is 23.1 Å². The Bertz CT molecular complexity index is 440. The molecule has 1 aliphatic heterocycles. The van der Waals surface area contributed by atoms with E-state index in [4.69, 9.17) is 5.11 Å². The van der Waals surface area contributed by atoms with Gasteiger partial charge in [-0.2, -0.15) is 0 Å². The number of rotatable bonds is 5. The summed E-state index contributed by atoms with van der Waals surface area (Å²) in [7, 11) is 0.156. The van der Waals surface area contributed by atoms with Crippen molar-refractivity contribution in [1.82, 2.24) is 9.80 Å². The number of hydrogen-bond acceptors (Lipinski definition) is 3. The van der Waals surface area contributed by atoms with E-state index >= 15 is 0 Å². The van der Waals surface area contributed by atoms with Crippen molar-refractivity contribution in [1.29, 1.82) is 0 Å². The van der Waals surface area contributed by atoms with Crippen molar-refractivity contribution >= 4 is 13.9 Å². The van der Waals surface area contributed by atoms with Gasteiger partial charge in [0, 0.05) is 39.0 Å². The number of nitrogens with zero attached hydrogens (tertiary/aromatic N) is 2. The molecule has 1 N–H and O–H groups in total. The number of carboxylic acids is 1. The van der Waals surface area contributed by atoms with Crippen LogP contribution >= 0.6 is 7.92 Å². The van der Waals surface area contributed by atoms with Gasteiger partial charge >= 0.3 is 5.97 Å². The van der Waals surface area contributed by atoms with E-state index in [0.717, 1.165) is 32.7 Å². The van der Waals surface area contributed by atoms with Gasteiger partial charge in [-0.3, -0.25) is 9.80 Å². The smallest absolute Gasteiger partial charge is 0.335 e. The fraction of sp³-hybridized carbons (Fsp3) is 0.533. The Morgan fingerprint density at radius 2 is 1.65 bits per heavy atom. The number of piperazine rings is 1. The fourth-order valence-electron chi connectivity index (χ4n) is 2.50. The largest absolute Gasteiger partial charge is 0.478 e. The molecule has 110 valence electrons. The van der Waals surface area contributed by atoms with Crippen molar-refractivity contribution in [3.63, 3.8) is 0 Å². The Labute approximate surface area is 122 Å². The van der Waals surface area contributed by atoms with Crippen LogP contribution in [0.5, 0.6) is 0 Å². The number of hydrogen-bond donors (Lipinski definition) is 1. The number of benzene rings is 1. The van der Waals surface area contributed by atoms with Gasteiger partial charge in [0.2, 0.25) is 0 Å². The van der Waals surface area contributed by atoms with E-state index in [1.165, 1.54) is 11.8 Å². The van der Waals surface area contributed by atoms with E-state index in [1.807, 2.05) is 12.1 Å². The van der Waals surface area contributed by atoms with Crippen LogP contribution in [0.3, 0.4) is 0 Å². The molecule has 0 aromatic heterocycles. The maximum Gasteiger partial charge on any atom is 0.335 e. The summed E-state index contributed by atoms with van der Waals surface area (Å²) in [5, 5.41) is 8.88. The first-order valence-corrected chi connectivity index (χ1v) is 9.38. The lowest BCUT2D eigenvalue weighted by molar-refractivity contribution is 0.0697. The topological polar surface area (TPSA) is 43.8 Å². The first-order valence-electron chi connectivity index (χ1n) is 6.96. The van der Waals surface area contributed by atoms with Crippen LogP contribution in [0.25, 0.3) is 0 Å². The molecule has 1 aliphatic rings. The lowest BCUT2D eigenvalue weighted by atomic mass is 10.1. The lowest BCUT2D eigenvalue weighted by Crippen LogP contribution is -2.45. The Hall–Kier alpha value is -0.960. The third kappa shape index (κ3) is 4.55. The number of carbonyl (C=O) groups is 1. The predicted molar refractivity (Wildman–Crippen MR) is 83.9 cm³/mol. The summed E-state index contributed by atoms with van der Waals surface area (Å²) in [4.78, 5) is 15.8. The molecule has 0 atom stereocenters. The third-order valence-corrected chi connectivity index (χ3v) is 4.52. The Balaban J connectivity index is 1.81. The van der Waals surface area contributed by atoms with Crippen LogP contribution in [-0.4, -0.2) is 66.7 Å². The van der Waals surface area contributed by atoms with Gasteiger partial charge in [-0.15, -0.1) is 0 Å². The van der Waals surface area contributed by atoms with E-state index in [0.29, 0.717) is 5.56 Å². The summed E-state index contributed by atoms with van der Waals surface area (Å²) < 4.78 is 0. The second-order valence-electron chi connectivity index (χ2n) is 5.62. The van der Waals surface area contributed by atoms with Gasteiger partial charge in [-0.25, -0.2) is 4.79 Å². The van der Waals surface area contributed by atoms with Crippen LogP contribution in [0.15, 0.2) is 24.3 Å². The second-order valence-corrected chi connectivity index (χ2v) is 8.06. The van der Waals surface area contributed by atoms with Gasteiger partial charge in [-0.1, -0.05) is 20.1 Å². The molecule has 2 rings (SSSR count). The van der Waals surface area contributed by atoms with Crippen LogP contribution in [0, 0.1) is 0 Å². The average molecular weight is 294 g/mol. The van der Waals surface area contributed by atoms with Crippen molar-refractivity contribution in [3.05, 3.63) is 35.4 Å². The van der Waals surface area contributed by atoms with E-state index in [1.54, 1.807) is 12.1 Å². The maximum atomic E-state index is 10.8. The number of carboxylic acid groups (broad SMARTS) is 1. The molecule has 0 saturated carbocycles. The zero-order valence-corrected chi connectivity index (χ0v) is 13.1. The first-order chi connectivity index (χ1) is 9.54. The van der Waals surface area contributed by atoms with E-state index in [-0.39, 0.29) is 7.92 Å². The molecule has 20 heavy (non-hydrogen) atoms. The molecule has 1 fully saturated rings. The zero-order valence-electron chi connectivity index (χ0n) is 12.2. The highest BCUT2D eigenvalue weighted by Gasteiger charge is 2.17. The molecule has 0 radical (unpaired) electrons. The molecule has 5 heteroatoms. The van der Waals surface area contributed by atoms with Crippen molar-refractivity contribution in [2.75, 3.05) is 45.8 Å². The molecule has 0 bridgehead atoms. The summed E-state index contributed by atoms with van der Waals surface area (Å²) >= 11 is 0. The van der Waals surface area contributed by atoms with Crippen LogP contribution in [0.4, 0.5) is 0 Å². The average Bonchev–Trinajstić information content (AvgIpc) is 2.41. The minimum Gasteiger partial charge on any atom is -0.478 e. The van der Waals surface area contributed by atoms with Gasteiger partial charge in [0.05, 0.1) is 5.56 Å². The van der Waals surface area contributed by atoms with Crippen molar-refractivity contribution in [2.24, 2.45) is 0 Å². The SMILES string of the molecule is CP(C)CN1CCN(Cc2ccc(C(=O)O)cc2)CC1. The molecule has 1 saturated heterocycles. The normalized spacial score (nSPS) is 17.6. The Kier molecular flexibility index (Phi) is 5.53. The van der Waals surface area contributed by atoms with Gasteiger partial charge < -0.3 is 5.11 Å². The maximum absolute atomic E-state index is 10.8. The molecule has 1 heterocycles. The lowest BCUT2D eigenvalue weighted by Gasteiger charge is -2.35. The van der Waals surface area contributed by atoms with Gasteiger partial charge in [0.1, 0.15) is 0 Å². The second kappa shape index (κ2) is 7.16. The molecule has 1 aromatic carbocycles. The first kappa shape index (κ1) is 15.4. The molecular formula is C15H23N2O2P. The highest BCUT2D eigenvalue weighted by Crippen LogP contribution is 2.26. The Morgan fingerprint density at radius 3 is 2.15 bits per heavy atom. The predicted octanol–water partition coefficient (Wildman–Crippen LogP) is 2.20. The molecular weight excluding hydrogens is 271 g/mol. The highest BCUT2D eigenvalue weighted by molar-refractivity contribution is 7.55. The standard InChI is InChI=1S/C15H23N2O2P/c1-20(2)12-17-9-7-16(8-10-17)11-13-3-5-14(6-4-13)15(18)19/h3-6H,7-12H2,1-2H3,(H,18,19). The van der Waals surface area contributed by atoms with Gasteiger partial charge in [0.15, 0.2) is 0 Å². The van der Waals surface area contributed by atoms with E-state index < -0.39 is 5.97 Å². The molecule has 0 amide bonds. The van der Waals surface area contributed by atoms with Crippen molar-refractivity contribution < 1.29 is 9.90 Å².